The number of hydrogen-bond donors (Lipinski definition) is 1. The van der Waals surface area contributed by atoms with Crippen LogP contribution in [-0.4, -0.2) is 38.6 Å². The molecule has 1 amide bonds. The van der Waals surface area contributed by atoms with Gasteiger partial charge in [0, 0.05) is 18.7 Å². The molecule has 1 aliphatic rings. The van der Waals surface area contributed by atoms with E-state index in [1.54, 1.807) is 6.07 Å². The maximum absolute atomic E-state index is 13.1. The van der Waals surface area contributed by atoms with Crippen LogP contribution in [0, 0.1) is 25.2 Å². The fourth-order valence-corrected chi connectivity index (χ4v) is 4.43. The highest BCUT2D eigenvalue weighted by Gasteiger charge is 2.26. The van der Waals surface area contributed by atoms with Gasteiger partial charge in [0.25, 0.3) is 5.91 Å². The molecule has 0 spiro atoms. The van der Waals surface area contributed by atoms with E-state index < -0.39 is 10.0 Å². The number of likely N-dealkylation sites (tertiary alicyclic amines) is 1. The first kappa shape index (κ1) is 20.9. The van der Waals surface area contributed by atoms with Crippen LogP contribution in [0.3, 0.4) is 0 Å². The second-order valence-electron chi connectivity index (χ2n) is 7.66. The molecule has 0 bridgehead atoms. The van der Waals surface area contributed by atoms with Gasteiger partial charge in [-0.2, -0.15) is 5.26 Å². The third kappa shape index (κ3) is 4.96. The molecule has 6 nitrogen and oxygen atoms in total. The third-order valence-corrected chi connectivity index (χ3v) is 5.98. The predicted molar refractivity (Wildman–Crippen MR) is 113 cm³/mol. The SMILES string of the molecule is Cc1cc(C)c(C(=O)N2CCC(c3ccc(C#N)cc3)CC2)cc1NS(C)(=O)=O. The molecule has 1 N–H and O–H groups in total. The van der Waals surface area contributed by atoms with Crippen molar-refractivity contribution in [1.29, 1.82) is 5.26 Å². The Morgan fingerprint density at radius 2 is 1.72 bits per heavy atom. The number of aryl methyl sites for hydroxylation is 2. The topological polar surface area (TPSA) is 90.3 Å². The van der Waals surface area contributed by atoms with Gasteiger partial charge in [0.15, 0.2) is 0 Å². The summed E-state index contributed by atoms with van der Waals surface area (Å²) in [5, 5.41) is 8.93. The number of nitrogens with zero attached hydrogens (tertiary/aromatic N) is 2. The molecule has 2 aromatic rings. The molecule has 152 valence electrons. The summed E-state index contributed by atoms with van der Waals surface area (Å²) in [6, 6.07) is 13.3. The summed E-state index contributed by atoms with van der Waals surface area (Å²) in [6.07, 6.45) is 2.82. The molecule has 1 saturated heterocycles. The number of nitrogens with one attached hydrogen (secondary N) is 1. The van der Waals surface area contributed by atoms with Gasteiger partial charge in [-0.3, -0.25) is 9.52 Å². The van der Waals surface area contributed by atoms with E-state index in [0.717, 1.165) is 30.2 Å². The van der Waals surface area contributed by atoms with Crippen LogP contribution < -0.4 is 4.72 Å². The van der Waals surface area contributed by atoms with Crippen molar-refractivity contribution in [1.82, 2.24) is 4.90 Å². The van der Waals surface area contributed by atoms with Crippen molar-refractivity contribution in [2.45, 2.75) is 32.6 Å². The highest BCUT2D eigenvalue weighted by atomic mass is 32.2. The number of anilines is 1. The summed E-state index contributed by atoms with van der Waals surface area (Å²) in [5.74, 6) is 0.297. The Hall–Kier alpha value is -2.85. The molecule has 2 aromatic carbocycles. The van der Waals surface area contributed by atoms with Crippen LogP contribution in [-0.2, 0) is 10.0 Å². The second kappa shape index (κ2) is 8.26. The normalized spacial score (nSPS) is 15.0. The zero-order valence-corrected chi connectivity index (χ0v) is 17.7. The smallest absolute Gasteiger partial charge is 0.254 e. The second-order valence-corrected chi connectivity index (χ2v) is 9.41. The number of carbonyl (C=O) groups is 1. The Morgan fingerprint density at radius 3 is 2.28 bits per heavy atom. The molecule has 0 saturated carbocycles. The fourth-order valence-electron chi connectivity index (χ4n) is 3.81. The highest BCUT2D eigenvalue weighted by Crippen LogP contribution is 2.30. The van der Waals surface area contributed by atoms with E-state index in [1.807, 2.05) is 49.1 Å². The van der Waals surface area contributed by atoms with Gasteiger partial charge in [-0.05, 0) is 67.5 Å². The molecule has 0 radical (unpaired) electrons. The molecule has 1 heterocycles. The van der Waals surface area contributed by atoms with Crippen molar-refractivity contribution in [3.05, 3.63) is 64.2 Å². The van der Waals surface area contributed by atoms with Gasteiger partial charge < -0.3 is 4.90 Å². The third-order valence-electron chi connectivity index (χ3n) is 5.39. The zero-order valence-electron chi connectivity index (χ0n) is 16.9. The Kier molecular flexibility index (Phi) is 5.94. The van der Waals surface area contributed by atoms with Crippen LogP contribution in [0.1, 0.15) is 51.4 Å². The average molecular weight is 412 g/mol. The molecular weight excluding hydrogens is 386 g/mol. The number of hydrogen-bond acceptors (Lipinski definition) is 4. The number of nitriles is 1. The van der Waals surface area contributed by atoms with Gasteiger partial charge >= 0.3 is 0 Å². The molecule has 1 aliphatic heterocycles. The average Bonchev–Trinajstić information content (AvgIpc) is 2.69. The van der Waals surface area contributed by atoms with Crippen molar-refractivity contribution < 1.29 is 13.2 Å². The Morgan fingerprint density at radius 1 is 1.10 bits per heavy atom. The van der Waals surface area contributed by atoms with E-state index in [9.17, 15) is 13.2 Å². The standard InChI is InChI=1S/C22H25N3O3S/c1-15-12-16(2)21(24-29(3,27)28)13-20(15)22(26)25-10-8-19(9-11-25)18-6-4-17(14-23)5-7-18/h4-7,12-13,19,24H,8-11H2,1-3H3. The lowest BCUT2D eigenvalue weighted by Crippen LogP contribution is -2.38. The van der Waals surface area contributed by atoms with Crippen molar-refractivity contribution in [3.63, 3.8) is 0 Å². The maximum Gasteiger partial charge on any atom is 0.254 e. The van der Waals surface area contributed by atoms with Gasteiger partial charge in [0.1, 0.15) is 0 Å². The first-order valence-corrected chi connectivity index (χ1v) is 11.5. The minimum Gasteiger partial charge on any atom is -0.339 e. The number of rotatable bonds is 4. The Balaban J connectivity index is 1.73. The molecule has 0 aliphatic carbocycles. The van der Waals surface area contributed by atoms with Crippen LogP contribution in [0.2, 0.25) is 0 Å². The van der Waals surface area contributed by atoms with Gasteiger partial charge in [-0.1, -0.05) is 18.2 Å². The minimum absolute atomic E-state index is 0.0719. The molecular formula is C22H25N3O3S. The summed E-state index contributed by atoms with van der Waals surface area (Å²) in [6.45, 7) is 4.98. The highest BCUT2D eigenvalue weighted by molar-refractivity contribution is 7.92. The summed E-state index contributed by atoms with van der Waals surface area (Å²) in [4.78, 5) is 14.9. The number of piperidine rings is 1. The maximum atomic E-state index is 13.1. The van der Waals surface area contributed by atoms with Crippen molar-refractivity contribution in [2.75, 3.05) is 24.1 Å². The van der Waals surface area contributed by atoms with Gasteiger partial charge in [0.2, 0.25) is 10.0 Å². The molecule has 29 heavy (non-hydrogen) atoms. The van der Waals surface area contributed by atoms with Crippen LogP contribution in [0.4, 0.5) is 5.69 Å². The number of carbonyl (C=O) groups excluding carboxylic acids is 1. The summed E-state index contributed by atoms with van der Waals surface area (Å²) < 4.78 is 25.7. The first-order valence-electron chi connectivity index (χ1n) is 9.56. The minimum atomic E-state index is -3.42. The van der Waals surface area contributed by atoms with Gasteiger partial charge in [-0.15, -0.1) is 0 Å². The van der Waals surface area contributed by atoms with E-state index in [-0.39, 0.29) is 5.91 Å². The Bertz CT molecular complexity index is 1060. The zero-order chi connectivity index (χ0) is 21.2. The lowest BCUT2D eigenvalue weighted by atomic mass is 9.88. The lowest BCUT2D eigenvalue weighted by Gasteiger charge is -2.33. The molecule has 7 heteroatoms. The largest absolute Gasteiger partial charge is 0.339 e. The molecule has 1 fully saturated rings. The van der Waals surface area contributed by atoms with Crippen LogP contribution >= 0.6 is 0 Å². The van der Waals surface area contributed by atoms with Crippen LogP contribution in [0.15, 0.2) is 36.4 Å². The van der Waals surface area contributed by atoms with Crippen molar-refractivity contribution >= 4 is 21.6 Å². The van der Waals surface area contributed by atoms with Gasteiger partial charge in [0.05, 0.1) is 23.6 Å². The van der Waals surface area contributed by atoms with Crippen LogP contribution in [0.5, 0.6) is 0 Å². The van der Waals surface area contributed by atoms with Crippen molar-refractivity contribution in [2.24, 2.45) is 0 Å². The van der Waals surface area contributed by atoms with E-state index in [4.69, 9.17) is 5.26 Å². The summed E-state index contributed by atoms with van der Waals surface area (Å²) in [5.41, 5.74) is 4.43. The first-order chi connectivity index (χ1) is 13.7. The van der Waals surface area contributed by atoms with E-state index in [1.165, 1.54) is 5.56 Å². The van der Waals surface area contributed by atoms with E-state index in [0.29, 0.717) is 35.8 Å². The molecule has 0 unspecified atom stereocenters. The summed E-state index contributed by atoms with van der Waals surface area (Å²) in [7, 11) is -3.42. The number of benzene rings is 2. The van der Waals surface area contributed by atoms with Crippen molar-refractivity contribution in [3.8, 4) is 6.07 Å². The molecule has 0 aromatic heterocycles. The van der Waals surface area contributed by atoms with E-state index in [2.05, 4.69) is 10.8 Å². The Labute approximate surface area is 172 Å². The predicted octanol–water partition coefficient (Wildman–Crippen LogP) is 3.57. The molecule has 0 atom stereocenters. The summed E-state index contributed by atoms with van der Waals surface area (Å²) >= 11 is 0. The molecule has 3 rings (SSSR count). The number of amides is 1. The monoisotopic (exact) mass is 411 g/mol. The van der Waals surface area contributed by atoms with E-state index >= 15 is 0 Å². The number of sulfonamides is 1. The van der Waals surface area contributed by atoms with Gasteiger partial charge in [-0.25, -0.2) is 8.42 Å². The van der Waals surface area contributed by atoms with Crippen LogP contribution in [0.25, 0.3) is 0 Å². The quantitative estimate of drug-likeness (QED) is 0.833. The lowest BCUT2D eigenvalue weighted by molar-refractivity contribution is 0.0712. The fraction of sp³-hybridized carbons (Fsp3) is 0.364.